The number of hydrogen-bond donors (Lipinski definition) is 3. The van der Waals surface area contributed by atoms with Crippen LogP contribution in [0, 0.1) is 5.41 Å². The average Bonchev–Trinajstić information content (AvgIpc) is 3.30. The number of pyridine rings is 2. The predicted octanol–water partition coefficient (Wildman–Crippen LogP) is 2.14. The Hall–Kier alpha value is -3.42. The van der Waals surface area contributed by atoms with E-state index in [2.05, 4.69) is 20.2 Å². The highest BCUT2D eigenvalue weighted by atomic mass is 16.3. The smallest absolute Gasteiger partial charge is 0.262 e. The normalized spacial score (nSPS) is 18.6. The van der Waals surface area contributed by atoms with Crippen LogP contribution >= 0.6 is 0 Å². The molecule has 0 bridgehead atoms. The highest BCUT2D eigenvalue weighted by Crippen LogP contribution is 2.30. The van der Waals surface area contributed by atoms with Crippen molar-refractivity contribution in [3.63, 3.8) is 0 Å². The Balaban J connectivity index is 1.48. The largest absolute Gasteiger partial charge is 0.504 e. The first-order valence-corrected chi connectivity index (χ1v) is 8.84. The first-order valence-electron chi connectivity index (χ1n) is 8.84. The summed E-state index contributed by atoms with van der Waals surface area (Å²) in [5, 5.41) is 21.1. The molecular weight excluding hydrogens is 344 g/mol. The molecule has 4 heterocycles. The Morgan fingerprint density at radius 3 is 2.70 bits per heavy atom. The third-order valence-corrected chi connectivity index (χ3v) is 4.75. The van der Waals surface area contributed by atoms with Crippen molar-refractivity contribution in [2.24, 2.45) is 0 Å². The molecule has 2 fully saturated rings. The van der Waals surface area contributed by atoms with Gasteiger partial charge in [0.25, 0.3) is 5.91 Å². The minimum atomic E-state index is -0.337. The zero-order valence-electron chi connectivity index (χ0n) is 14.7. The van der Waals surface area contributed by atoms with Crippen molar-refractivity contribution in [3.05, 3.63) is 48.6 Å². The lowest BCUT2D eigenvalue weighted by Crippen LogP contribution is -2.25. The number of carbonyl (C=O) groups is 1. The van der Waals surface area contributed by atoms with E-state index in [0.717, 1.165) is 24.6 Å². The number of carbonyl (C=O) groups excluding carboxylic acids is 1. The van der Waals surface area contributed by atoms with Crippen LogP contribution in [-0.4, -0.2) is 46.3 Å². The summed E-state index contributed by atoms with van der Waals surface area (Å²) in [6.07, 6.45) is 8.41. The van der Waals surface area contributed by atoms with Crippen molar-refractivity contribution >= 4 is 28.8 Å². The molecule has 0 spiro atoms. The molecule has 2 saturated heterocycles. The van der Waals surface area contributed by atoms with Gasteiger partial charge < -0.3 is 20.7 Å². The number of hydrogen-bond acceptors (Lipinski definition) is 7. The molecule has 0 atom stereocenters. The van der Waals surface area contributed by atoms with Gasteiger partial charge in [-0.25, -0.2) is 4.98 Å². The van der Waals surface area contributed by atoms with Gasteiger partial charge in [0, 0.05) is 25.5 Å². The van der Waals surface area contributed by atoms with E-state index in [1.54, 1.807) is 12.3 Å². The topological polar surface area (TPSA) is 105 Å². The number of anilines is 3. The monoisotopic (exact) mass is 364 g/mol. The van der Waals surface area contributed by atoms with E-state index in [1.165, 1.54) is 36.3 Å². The summed E-state index contributed by atoms with van der Waals surface area (Å²) < 4.78 is 0. The van der Waals surface area contributed by atoms with Crippen LogP contribution in [-0.2, 0) is 4.79 Å². The Bertz CT molecular complexity index is 903. The van der Waals surface area contributed by atoms with Crippen LogP contribution < -0.4 is 15.1 Å². The molecule has 3 N–H and O–H groups in total. The number of amides is 1. The summed E-state index contributed by atoms with van der Waals surface area (Å²) in [7, 11) is 0. The van der Waals surface area contributed by atoms with Gasteiger partial charge in [0.1, 0.15) is 5.82 Å². The van der Waals surface area contributed by atoms with Crippen molar-refractivity contribution < 1.29 is 9.90 Å². The van der Waals surface area contributed by atoms with E-state index < -0.39 is 0 Å². The average molecular weight is 364 g/mol. The molecule has 2 aromatic rings. The molecule has 0 aromatic carbocycles. The second-order valence-electron chi connectivity index (χ2n) is 6.54. The number of aromatic hydroxyl groups is 1. The molecule has 1 amide bonds. The van der Waals surface area contributed by atoms with Crippen molar-refractivity contribution in [1.82, 2.24) is 9.97 Å². The Kier molecular flexibility index (Phi) is 4.45. The first-order chi connectivity index (χ1) is 13.1. The highest BCUT2D eigenvalue weighted by Gasteiger charge is 2.33. The quantitative estimate of drug-likeness (QED) is 0.718. The van der Waals surface area contributed by atoms with Gasteiger partial charge in [-0.3, -0.25) is 14.7 Å². The zero-order chi connectivity index (χ0) is 18.8. The molecule has 2 aromatic heterocycles. The summed E-state index contributed by atoms with van der Waals surface area (Å²) in [6.45, 7) is 2.18. The maximum Gasteiger partial charge on any atom is 0.262 e. The molecule has 27 heavy (non-hydrogen) atoms. The number of rotatable bonds is 4. The predicted molar refractivity (Wildman–Crippen MR) is 103 cm³/mol. The summed E-state index contributed by atoms with van der Waals surface area (Å²) in [4.78, 5) is 24.5. The molecule has 0 aliphatic carbocycles. The van der Waals surface area contributed by atoms with Crippen molar-refractivity contribution in [1.29, 1.82) is 5.41 Å². The summed E-state index contributed by atoms with van der Waals surface area (Å²) in [5.74, 6) is 0.528. The van der Waals surface area contributed by atoms with E-state index >= 15 is 0 Å². The lowest BCUT2D eigenvalue weighted by molar-refractivity contribution is -0.114. The highest BCUT2D eigenvalue weighted by molar-refractivity contribution is 6.33. The van der Waals surface area contributed by atoms with Gasteiger partial charge in [-0.15, -0.1) is 0 Å². The summed E-state index contributed by atoms with van der Waals surface area (Å²) in [5.41, 5.74) is 1.54. The molecule has 0 radical (unpaired) electrons. The maximum absolute atomic E-state index is 12.6. The van der Waals surface area contributed by atoms with Gasteiger partial charge in [0.05, 0.1) is 41.6 Å². The molecule has 138 valence electrons. The van der Waals surface area contributed by atoms with Gasteiger partial charge in [-0.05, 0) is 31.0 Å². The van der Waals surface area contributed by atoms with Crippen LogP contribution in [0.3, 0.4) is 0 Å². The number of aromatic nitrogens is 2. The van der Waals surface area contributed by atoms with Crippen LogP contribution in [0.25, 0.3) is 0 Å². The van der Waals surface area contributed by atoms with Gasteiger partial charge >= 0.3 is 0 Å². The number of nitrogens with zero attached hydrogens (tertiary/aromatic N) is 4. The third-order valence-electron chi connectivity index (χ3n) is 4.75. The number of nitrogens with one attached hydrogen (secondary N) is 2. The Morgan fingerprint density at radius 1 is 1.19 bits per heavy atom. The van der Waals surface area contributed by atoms with E-state index in [1.807, 2.05) is 12.1 Å². The fraction of sp³-hybridized carbons (Fsp3) is 0.263. The fourth-order valence-corrected chi connectivity index (χ4v) is 3.30. The molecule has 2 aliphatic rings. The van der Waals surface area contributed by atoms with E-state index in [4.69, 9.17) is 5.41 Å². The van der Waals surface area contributed by atoms with Gasteiger partial charge in [0.15, 0.2) is 5.75 Å². The van der Waals surface area contributed by atoms with E-state index in [9.17, 15) is 9.90 Å². The van der Waals surface area contributed by atoms with Crippen LogP contribution in [0.2, 0.25) is 0 Å². The second kappa shape index (κ2) is 7.06. The van der Waals surface area contributed by atoms with E-state index in [0.29, 0.717) is 5.69 Å². The van der Waals surface area contributed by atoms with Crippen molar-refractivity contribution in [2.75, 3.05) is 34.8 Å². The van der Waals surface area contributed by atoms with Crippen LogP contribution in [0.4, 0.5) is 17.2 Å². The molecule has 4 rings (SSSR count). The van der Waals surface area contributed by atoms with Gasteiger partial charge in [0.2, 0.25) is 0 Å². The molecular formula is C19H20N6O2. The molecule has 0 unspecified atom stereocenters. The third kappa shape index (κ3) is 3.33. The fourth-order valence-electron chi connectivity index (χ4n) is 3.30. The second-order valence-corrected chi connectivity index (χ2v) is 6.54. The Labute approximate surface area is 156 Å². The van der Waals surface area contributed by atoms with Gasteiger partial charge in [-0.1, -0.05) is 0 Å². The van der Waals surface area contributed by atoms with Crippen LogP contribution in [0.5, 0.6) is 5.75 Å². The summed E-state index contributed by atoms with van der Waals surface area (Å²) >= 11 is 0. The molecule has 8 nitrogen and oxygen atoms in total. The van der Waals surface area contributed by atoms with Crippen molar-refractivity contribution in [2.45, 2.75) is 12.8 Å². The van der Waals surface area contributed by atoms with E-state index in [-0.39, 0.29) is 29.5 Å². The molecule has 8 heteroatoms. The lowest BCUT2D eigenvalue weighted by Gasteiger charge is -2.16. The lowest BCUT2D eigenvalue weighted by atomic mass is 10.2. The molecule has 0 saturated carbocycles. The van der Waals surface area contributed by atoms with Crippen LogP contribution in [0.15, 0.2) is 48.6 Å². The Morgan fingerprint density at radius 2 is 2.00 bits per heavy atom. The van der Waals surface area contributed by atoms with Crippen molar-refractivity contribution in [3.8, 4) is 5.75 Å². The first kappa shape index (κ1) is 17.0. The zero-order valence-corrected chi connectivity index (χ0v) is 14.7. The summed E-state index contributed by atoms with van der Waals surface area (Å²) in [6, 6.07) is 5.42. The standard InChI is InChI=1S/C19H20N6O2/c20-15-12-25(16-5-6-21-11-17(16)26)19(27)14(15)10-22-13-3-4-18(23-9-13)24-7-1-2-8-24/h3-6,9-11,20,22,26H,1-2,7-8,12H2/b14-10+,20-15?. The minimum absolute atomic E-state index is 0.0884. The van der Waals surface area contributed by atoms with Gasteiger partial charge in [-0.2, -0.15) is 0 Å². The van der Waals surface area contributed by atoms with Crippen LogP contribution in [0.1, 0.15) is 12.8 Å². The minimum Gasteiger partial charge on any atom is -0.504 e. The molecule has 2 aliphatic heterocycles. The maximum atomic E-state index is 12.6. The SMILES string of the molecule is N=C1CN(c2ccncc2O)C(=O)/C1=C/Nc1ccc(N2CCCC2)nc1.